The Balaban J connectivity index is 1.24. The lowest BCUT2D eigenvalue weighted by atomic mass is 9.88. The molecule has 228 valence electrons. The summed E-state index contributed by atoms with van der Waals surface area (Å²) in [7, 11) is 3.09. The van der Waals surface area contributed by atoms with Gasteiger partial charge in [0, 0.05) is 52.2 Å². The van der Waals surface area contributed by atoms with Crippen molar-refractivity contribution >= 4 is 11.8 Å². The Bertz CT molecular complexity index is 1630. The molecule has 3 aromatic rings. The van der Waals surface area contributed by atoms with Gasteiger partial charge in [-0.3, -0.25) is 19.0 Å². The van der Waals surface area contributed by atoms with Crippen LogP contribution in [0.4, 0.5) is 0 Å². The summed E-state index contributed by atoms with van der Waals surface area (Å²) in [5, 5.41) is 0. The maximum absolute atomic E-state index is 13.4. The topological polar surface area (TPSA) is 103 Å². The van der Waals surface area contributed by atoms with E-state index in [9.17, 15) is 19.2 Å². The Morgan fingerprint density at radius 1 is 0.628 bits per heavy atom. The molecule has 0 N–H and O–H groups in total. The van der Waals surface area contributed by atoms with Crippen molar-refractivity contribution in [2.75, 3.05) is 27.3 Å². The smallest absolute Gasteiger partial charge is 0.330 e. The van der Waals surface area contributed by atoms with Crippen molar-refractivity contribution in [2.24, 2.45) is 0 Å². The molecule has 0 unspecified atom stereocenters. The Labute approximate surface area is 251 Å². The van der Waals surface area contributed by atoms with E-state index in [0.717, 1.165) is 22.3 Å². The predicted molar refractivity (Wildman–Crippen MR) is 162 cm³/mol. The average Bonchev–Trinajstić information content (AvgIpc) is 2.99. The summed E-state index contributed by atoms with van der Waals surface area (Å²) in [6, 6.07) is 15.5. The number of aryl methyl sites for hydroxylation is 4. The van der Waals surface area contributed by atoms with Crippen LogP contribution >= 0.6 is 0 Å². The van der Waals surface area contributed by atoms with Crippen LogP contribution in [-0.2, 0) is 32.2 Å². The van der Waals surface area contributed by atoms with E-state index < -0.39 is 17.9 Å². The Morgan fingerprint density at radius 2 is 1.09 bits per heavy atom. The number of carbonyl (C=O) groups is 2. The molecule has 4 atom stereocenters. The van der Waals surface area contributed by atoms with Gasteiger partial charge in [-0.2, -0.15) is 0 Å². The maximum atomic E-state index is 13.4. The van der Waals surface area contributed by atoms with Crippen LogP contribution in [0.3, 0.4) is 0 Å². The number of aromatic nitrogens is 2. The van der Waals surface area contributed by atoms with Gasteiger partial charge in [0.1, 0.15) is 0 Å². The second-order valence-corrected chi connectivity index (χ2v) is 11.4. The third-order valence-electron chi connectivity index (χ3n) is 8.81. The van der Waals surface area contributed by atoms with Crippen LogP contribution in [0.2, 0.25) is 0 Å². The van der Waals surface area contributed by atoms with Gasteiger partial charge in [0.25, 0.3) is 17.4 Å². The van der Waals surface area contributed by atoms with Gasteiger partial charge in [-0.1, -0.05) is 48.5 Å². The maximum Gasteiger partial charge on any atom is 0.330 e. The van der Waals surface area contributed by atoms with Crippen molar-refractivity contribution in [1.29, 1.82) is 0 Å². The summed E-state index contributed by atoms with van der Waals surface area (Å²) in [4.78, 5) is 55.5. The zero-order chi connectivity index (χ0) is 30.8. The quantitative estimate of drug-likeness (QED) is 0.302. The summed E-state index contributed by atoms with van der Waals surface area (Å²) in [6.07, 6.45) is 1.52. The van der Waals surface area contributed by atoms with Crippen molar-refractivity contribution in [3.05, 3.63) is 103 Å². The second kappa shape index (κ2) is 12.7. The number of β-lactam (4-membered cyclic amide) rings is 2. The van der Waals surface area contributed by atoms with Crippen LogP contribution in [0.1, 0.15) is 52.7 Å². The van der Waals surface area contributed by atoms with Crippen LogP contribution in [0.5, 0.6) is 0 Å². The molecule has 2 amide bonds. The van der Waals surface area contributed by atoms with Crippen LogP contribution in [0, 0.1) is 20.8 Å². The molecule has 43 heavy (non-hydrogen) atoms. The van der Waals surface area contributed by atoms with Crippen LogP contribution in [-0.4, -0.2) is 70.3 Å². The number of hydrogen-bond donors (Lipinski definition) is 0. The molecule has 1 aromatic heterocycles. The number of likely N-dealkylation sites (tertiary alicyclic amines) is 2. The minimum Gasteiger partial charge on any atom is -0.369 e. The SMILES string of the molecule is CO[C@@H]1C(=O)N(CCCn2cc(C)c(=O)n(CCCN3C(=O)[C@H](OC)[C@@H]3c3ccccc3C)c2=O)[C@@H]1c1ccccc1C. The summed E-state index contributed by atoms with van der Waals surface area (Å²) < 4.78 is 13.8. The summed E-state index contributed by atoms with van der Waals surface area (Å²) in [5.74, 6) is -0.158. The highest BCUT2D eigenvalue weighted by molar-refractivity contribution is 5.89. The molecule has 2 saturated heterocycles. The number of methoxy groups -OCH3 is 2. The zero-order valence-corrected chi connectivity index (χ0v) is 25.5. The van der Waals surface area contributed by atoms with Gasteiger partial charge in [0.2, 0.25) is 0 Å². The molecule has 2 aliphatic heterocycles. The monoisotopic (exact) mass is 588 g/mol. The summed E-state index contributed by atoms with van der Waals surface area (Å²) in [6.45, 7) is 7.13. The Hall–Kier alpha value is -4.02. The number of ether oxygens (including phenoxy) is 2. The first kappa shape index (κ1) is 30.4. The number of benzene rings is 2. The molecule has 2 fully saturated rings. The van der Waals surface area contributed by atoms with Gasteiger partial charge in [-0.05, 0) is 55.9 Å². The zero-order valence-electron chi connectivity index (χ0n) is 25.5. The molecule has 3 heterocycles. The molecule has 0 saturated carbocycles. The van der Waals surface area contributed by atoms with Crippen molar-refractivity contribution in [3.63, 3.8) is 0 Å². The lowest BCUT2D eigenvalue weighted by Gasteiger charge is -2.47. The molecular weight excluding hydrogens is 548 g/mol. The van der Waals surface area contributed by atoms with E-state index in [1.807, 2.05) is 62.4 Å². The summed E-state index contributed by atoms with van der Waals surface area (Å²) in [5.41, 5.74) is 4.00. The molecule has 2 aromatic carbocycles. The molecule has 0 aliphatic carbocycles. The lowest BCUT2D eigenvalue weighted by Crippen LogP contribution is -2.60. The number of carbonyl (C=O) groups excluding carboxylic acids is 2. The largest absolute Gasteiger partial charge is 0.369 e. The minimum atomic E-state index is -0.539. The van der Waals surface area contributed by atoms with E-state index in [1.54, 1.807) is 34.6 Å². The molecule has 10 heteroatoms. The first-order valence-electron chi connectivity index (χ1n) is 14.8. The first-order valence-corrected chi connectivity index (χ1v) is 14.8. The van der Waals surface area contributed by atoms with Gasteiger partial charge < -0.3 is 23.8 Å². The van der Waals surface area contributed by atoms with Crippen molar-refractivity contribution in [2.45, 2.75) is 71.0 Å². The molecule has 2 aliphatic rings. The fraction of sp³-hybridized carbons (Fsp3) is 0.455. The first-order chi connectivity index (χ1) is 20.7. The van der Waals surface area contributed by atoms with Crippen molar-refractivity contribution < 1.29 is 19.1 Å². The van der Waals surface area contributed by atoms with E-state index in [1.165, 1.54) is 11.7 Å². The van der Waals surface area contributed by atoms with E-state index >= 15 is 0 Å². The standard InChI is InChI=1S/C33H40N4O6/c1-21-12-6-8-14-24(21)26-28(42-4)31(39)35(26)17-10-16-34-20-23(3)30(38)37(33(34)41)19-11-18-36-27(29(43-5)32(36)40)25-15-9-7-13-22(25)2/h6-9,12-15,20,26-29H,10-11,16-19H2,1-5H3/t26-,27+,28+,29-/m1/s1. The van der Waals surface area contributed by atoms with Crippen LogP contribution < -0.4 is 11.2 Å². The normalized spacial score (nSPS) is 21.6. The number of hydrogen-bond acceptors (Lipinski definition) is 6. The molecule has 10 nitrogen and oxygen atoms in total. The third kappa shape index (κ3) is 5.57. The van der Waals surface area contributed by atoms with Crippen LogP contribution in [0.15, 0.2) is 64.3 Å². The van der Waals surface area contributed by atoms with E-state index in [4.69, 9.17) is 9.47 Å². The number of nitrogens with zero attached hydrogens (tertiary/aromatic N) is 4. The van der Waals surface area contributed by atoms with Gasteiger partial charge >= 0.3 is 5.69 Å². The number of amides is 2. The lowest BCUT2D eigenvalue weighted by molar-refractivity contribution is -0.171. The third-order valence-corrected chi connectivity index (χ3v) is 8.81. The van der Waals surface area contributed by atoms with Gasteiger partial charge in [0.05, 0.1) is 12.1 Å². The fourth-order valence-electron chi connectivity index (χ4n) is 6.46. The Morgan fingerprint density at radius 3 is 1.56 bits per heavy atom. The van der Waals surface area contributed by atoms with Gasteiger partial charge in [0.15, 0.2) is 12.2 Å². The second-order valence-electron chi connectivity index (χ2n) is 11.4. The minimum absolute atomic E-state index is 0.0653. The highest BCUT2D eigenvalue weighted by Crippen LogP contribution is 2.39. The molecular formula is C33H40N4O6. The fourth-order valence-corrected chi connectivity index (χ4v) is 6.46. The molecule has 0 spiro atoms. The number of rotatable bonds is 12. The van der Waals surface area contributed by atoms with E-state index in [-0.39, 0.29) is 36.0 Å². The van der Waals surface area contributed by atoms with E-state index in [0.29, 0.717) is 38.0 Å². The van der Waals surface area contributed by atoms with Gasteiger partial charge in [-0.25, -0.2) is 4.79 Å². The van der Waals surface area contributed by atoms with Gasteiger partial charge in [-0.15, -0.1) is 0 Å². The van der Waals surface area contributed by atoms with Crippen LogP contribution in [0.25, 0.3) is 0 Å². The Kier molecular flexibility index (Phi) is 8.98. The highest BCUT2D eigenvalue weighted by Gasteiger charge is 2.49. The average molecular weight is 589 g/mol. The highest BCUT2D eigenvalue weighted by atomic mass is 16.5. The molecule has 5 rings (SSSR count). The predicted octanol–water partition coefficient (Wildman–Crippen LogP) is 2.91. The summed E-state index contributed by atoms with van der Waals surface area (Å²) >= 11 is 0. The van der Waals surface area contributed by atoms with E-state index in [2.05, 4.69) is 0 Å². The molecule has 0 bridgehead atoms. The van der Waals surface area contributed by atoms with Crippen molar-refractivity contribution in [3.8, 4) is 0 Å². The van der Waals surface area contributed by atoms with Crippen molar-refractivity contribution in [1.82, 2.24) is 18.9 Å². The molecule has 0 radical (unpaired) electrons.